The molecule has 2 rings (SSSR count). The van der Waals surface area contributed by atoms with Crippen LogP contribution in [0.5, 0.6) is 0 Å². The van der Waals surface area contributed by atoms with E-state index in [1.807, 2.05) is 19.1 Å². The summed E-state index contributed by atoms with van der Waals surface area (Å²) in [4.78, 5) is 24.3. The van der Waals surface area contributed by atoms with Gasteiger partial charge in [-0.05, 0) is 81.8 Å². The summed E-state index contributed by atoms with van der Waals surface area (Å²) in [5, 5.41) is 14.3. The maximum atomic E-state index is 12.8. The molecule has 8 heteroatoms. The molecule has 0 bridgehead atoms. The van der Waals surface area contributed by atoms with Crippen LogP contribution in [0.4, 0.5) is 5.69 Å². The Bertz CT molecular complexity index is 837. The van der Waals surface area contributed by atoms with Crippen molar-refractivity contribution < 1.29 is 14.7 Å². The van der Waals surface area contributed by atoms with E-state index < -0.39 is 11.9 Å². The summed E-state index contributed by atoms with van der Waals surface area (Å²) in [5.41, 5.74) is 1.33. The number of hydrogen-bond acceptors (Lipinski definition) is 3. The number of hydrogen-bond donors (Lipinski definition) is 1. The van der Waals surface area contributed by atoms with Crippen molar-refractivity contribution >= 4 is 81.3 Å². The third kappa shape index (κ3) is 3.76. The highest BCUT2D eigenvalue weighted by Gasteiger charge is 2.25. The fourth-order valence-corrected chi connectivity index (χ4v) is 4.63. The van der Waals surface area contributed by atoms with Crippen LogP contribution in [0.25, 0.3) is 0 Å². The van der Waals surface area contributed by atoms with Crippen molar-refractivity contribution in [2.75, 3.05) is 5.32 Å². The van der Waals surface area contributed by atoms with E-state index in [0.29, 0.717) is 19.1 Å². The molecule has 24 heavy (non-hydrogen) atoms. The molecule has 2 aromatic rings. The molecule has 0 aliphatic heterocycles. The second-order valence-corrected chi connectivity index (χ2v) is 7.93. The predicted octanol–water partition coefficient (Wildman–Crippen LogP) is 4.91. The number of amides is 1. The lowest BCUT2D eigenvalue weighted by molar-refractivity contribution is -0.255. The van der Waals surface area contributed by atoms with Crippen LogP contribution < -0.4 is 10.4 Å². The molecule has 0 heterocycles. The van der Waals surface area contributed by atoms with Gasteiger partial charge in [-0.2, -0.15) is 0 Å². The van der Waals surface area contributed by atoms with Gasteiger partial charge in [0.15, 0.2) is 0 Å². The van der Waals surface area contributed by atoms with Crippen LogP contribution in [0.2, 0.25) is 0 Å². The molecule has 0 aromatic heterocycles. The number of para-hydroxylation sites is 1. The minimum absolute atomic E-state index is 0.0251. The molecule has 0 unspecified atom stereocenters. The van der Waals surface area contributed by atoms with Gasteiger partial charge in [0, 0.05) is 29.1 Å². The number of carbonyl (C=O) groups is 2. The van der Waals surface area contributed by atoms with E-state index >= 15 is 0 Å². The van der Waals surface area contributed by atoms with Crippen LogP contribution in [-0.4, -0.2) is 11.9 Å². The lowest BCUT2D eigenvalue weighted by Gasteiger charge is -2.18. The lowest BCUT2D eigenvalue weighted by atomic mass is 10.1. The summed E-state index contributed by atoms with van der Waals surface area (Å²) < 4.78 is 1.54. The number of rotatable bonds is 4. The van der Waals surface area contributed by atoms with Crippen LogP contribution in [-0.2, 0) is 6.42 Å². The maximum absolute atomic E-state index is 12.8. The van der Waals surface area contributed by atoms with Gasteiger partial charge in [-0.3, -0.25) is 4.79 Å². The second kappa shape index (κ2) is 8.12. The molecule has 1 amide bonds. The Labute approximate surface area is 172 Å². The fourth-order valence-electron chi connectivity index (χ4n) is 2.17. The predicted molar refractivity (Wildman–Crippen MR) is 105 cm³/mol. The van der Waals surface area contributed by atoms with E-state index in [1.54, 1.807) is 12.1 Å². The quantitative estimate of drug-likeness (QED) is 0.411. The van der Waals surface area contributed by atoms with Crippen molar-refractivity contribution in [1.82, 2.24) is 0 Å². The van der Waals surface area contributed by atoms with Gasteiger partial charge in [0.05, 0.1) is 11.5 Å². The van der Waals surface area contributed by atoms with E-state index in [0.717, 1.165) is 12.0 Å². The molecular weight excluding hydrogens is 574 g/mol. The van der Waals surface area contributed by atoms with Crippen molar-refractivity contribution in [3.63, 3.8) is 0 Å². The molecule has 126 valence electrons. The van der Waals surface area contributed by atoms with E-state index in [4.69, 9.17) is 0 Å². The number of carboxylic acid groups (broad SMARTS) is 1. The number of benzene rings is 2. The molecule has 1 N–H and O–H groups in total. The minimum atomic E-state index is -1.45. The van der Waals surface area contributed by atoms with Crippen LogP contribution in [0.1, 0.15) is 33.2 Å². The number of carbonyl (C=O) groups excluding carboxylic acids is 2. The molecule has 0 fully saturated rings. The van der Waals surface area contributed by atoms with E-state index in [-0.39, 0.29) is 15.6 Å². The van der Waals surface area contributed by atoms with Crippen LogP contribution in [0, 0.1) is 0 Å². The van der Waals surface area contributed by atoms with Crippen molar-refractivity contribution in [3.05, 3.63) is 58.8 Å². The lowest BCUT2D eigenvalue weighted by Crippen LogP contribution is -2.28. The summed E-state index contributed by atoms with van der Waals surface area (Å²) in [7, 11) is 0. The highest BCUT2D eigenvalue weighted by atomic mass is 79.9. The van der Waals surface area contributed by atoms with Gasteiger partial charge in [-0.25, -0.2) is 0 Å². The first-order valence-corrected chi connectivity index (χ1v) is 9.93. The Morgan fingerprint density at radius 3 is 2.04 bits per heavy atom. The zero-order valence-electron chi connectivity index (χ0n) is 12.3. The van der Waals surface area contributed by atoms with Crippen molar-refractivity contribution in [1.29, 1.82) is 0 Å². The molecule has 0 radical (unpaired) electrons. The summed E-state index contributed by atoms with van der Waals surface area (Å²) in [6, 6.07) is 7.35. The second-order valence-electron chi connectivity index (χ2n) is 4.76. The normalized spacial score (nSPS) is 10.5. The number of nitrogens with one attached hydrogen (secondary N) is 1. The third-order valence-corrected chi connectivity index (χ3v) is 8.11. The van der Waals surface area contributed by atoms with E-state index in [2.05, 4.69) is 69.0 Å². The van der Waals surface area contributed by atoms with Crippen LogP contribution in [0.3, 0.4) is 0 Å². The summed E-state index contributed by atoms with van der Waals surface area (Å²) >= 11 is 13.1. The minimum Gasteiger partial charge on any atom is -0.545 e. The van der Waals surface area contributed by atoms with E-state index in [9.17, 15) is 14.7 Å². The number of anilines is 1. The first-order chi connectivity index (χ1) is 11.3. The topological polar surface area (TPSA) is 69.2 Å². The molecule has 0 aliphatic rings. The van der Waals surface area contributed by atoms with Gasteiger partial charge in [0.25, 0.3) is 5.91 Å². The Hall–Kier alpha value is -0.700. The molecule has 0 aliphatic carbocycles. The Balaban J connectivity index is 2.59. The smallest absolute Gasteiger partial charge is 0.257 e. The molecule has 4 nitrogen and oxygen atoms in total. The van der Waals surface area contributed by atoms with Gasteiger partial charge in [-0.1, -0.05) is 25.1 Å². The van der Waals surface area contributed by atoms with Gasteiger partial charge in [0.1, 0.15) is 0 Å². The average Bonchev–Trinajstić information content (AvgIpc) is 2.55. The average molecular weight is 584 g/mol. The first kappa shape index (κ1) is 19.6. The van der Waals surface area contributed by atoms with E-state index in [1.165, 1.54) is 0 Å². The standard InChI is InChI=1S/C16H11Br4NO3/c1-2-7-5-3-4-6-8(7)21-15(22)9-10(16(23)24)12(18)14(20)13(19)11(9)17/h3-6H,2H2,1H3,(H,21,22)(H,23,24)/p-1. The monoisotopic (exact) mass is 580 g/mol. The molecule has 0 saturated heterocycles. The van der Waals surface area contributed by atoms with Crippen molar-refractivity contribution in [2.24, 2.45) is 0 Å². The molecule has 0 spiro atoms. The zero-order valence-corrected chi connectivity index (χ0v) is 18.6. The Kier molecular flexibility index (Phi) is 6.64. The summed E-state index contributed by atoms with van der Waals surface area (Å²) in [6.07, 6.45) is 0.735. The third-order valence-electron chi connectivity index (χ3n) is 3.34. The molecular formula is C16H10Br4NO3-. The van der Waals surface area contributed by atoms with Crippen LogP contribution in [0.15, 0.2) is 42.2 Å². The number of carboxylic acids is 1. The SMILES string of the molecule is CCc1ccccc1NC(=O)c1c(Br)c(Br)c(Br)c(Br)c1C(=O)[O-]. The highest BCUT2D eigenvalue weighted by molar-refractivity contribution is 9.15. The molecule has 0 saturated carbocycles. The number of aryl methyl sites for hydroxylation is 1. The highest BCUT2D eigenvalue weighted by Crippen LogP contribution is 2.42. The van der Waals surface area contributed by atoms with Gasteiger partial charge < -0.3 is 15.2 Å². The number of aromatic carboxylic acids is 1. The van der Waals surface area contributed by atoms with Gasteiger partial charge in [-0.15, -0.1) is 0 Å². The number of halogens is 4. The zero-order chi connectivity index (χ0) is 18.0. The maximum Gasteiger partial charge on any atom is 0.257 e. The Morgan fingerprint density at radius 2 is 1.50 bits per heavy atom. The summed E-state index contributed by atoms with van der Waals surface area (Å²) in [5.74, 6) is -2.00. The van der Waals surface area contributed by atoms with Crippen LogP contribution >= 0.6 is 63.7 Å². The van der Waals surface area contributed by atoms with Crippen molar-refractivity contribution in [2.45, 2.75) is 13.3 Å². The first-order valence-electron chi connectivity index (χ1n) is 6.76. The molecule has 0 atom stereocenters. The molecule has 2 aromatic carbocycles. The van der Waals surface area contributed by atoms with Gasteiger partial charge >= 0.3 is 0 Å². The Morgan fingerprint density at radius 1 is 0.958 bits per heavy atom. The fraction of sp³-hybridized carbons (Fsp3) is 0.125. The van der Waals surface area contributed by atoms with Crippen molar-refractivity contribution in [3.8, 4) is 0 Å². The summed E-state index contributed by atoms with van der Waals surface area (Å²) in [6.45, 7) is 1.97. The largest absolute Gasteiger partial charge is 0.545 e. The van der Waals surface area contributed by atoms with Gasteiger partial charge in [0.2, 0.25) is 0 Å².